The van der Waals surface area contributed by atoms with Gasteiger partial charge in [0, 0.05) is 21.5 Å². The maximum Gasteiger partial charge on any atom is 0.342 e. The van der Waals surface area contributed by atoms with Crippen molar-refractivity contribution in [3.8, 4) is 0 Å². The van der Waals surface area contributed by atoms with E-state index in [4.69, 9.17) is 0 Å². The highest BCUT2D eigenvalue weighted by molar-refractivity contribution is 9.09. The number of hydrogen-bond acceptors (Lipinski definition) is 3. The van der Waals surface area contributed by atoms with Crippen LogP contribution < -0.4 is 0 Å². The van der Waals surface area contributed by atoms with Crippen molar-refractivity contribution in [2.75, 3.05) is 0 Å². The molecule has 0 saturated heterocycles. The summed E-state index contributed by atoms with van der Waals surface area (Å²) in [5.74, 6) is -0.509. The highest BCUT2D eigenvalue weighted by atomic mass is 79.9. The summed E-state index contributed by atoms with van der Waals surface area (Å²) in [7, 11) is 0. The van der Waals surface area contributed by atoms with Crippen molar-refractivity contribution in [1.82, 2.24) is 0 Å². The van der Waals surface area contributed by atoms with Gasteiger partial charge in [0.05, 0.1) is 5.56 Å². The SMILES string of the molecule is O=C1OC(O)(Br)c2ccccc21. The van der Waals surface area contributed by atoms with Crippen LogP contribution in [0.25, 0.3) is 0 Å². The molecule has 1 atom stereocenters. The molecule has 0 spiro atoms. The number of carbonyl (C=O) groups excluding carboxylic acids is 1. The average Bonchev–Trinajstić information content (AvgIpc) is 2.25. The van der Waals surface area contributed by atoms with E-state index in [0.29, 0.717) is 11.1 Å². The van der Waals surface area contributed by atoms with E-state index in [2.05, 4.69) is 20.7 Å². The first-order chi connectivity index (χ1) is 5.61. The van der Waals surface area contributed by atoms with E-state index in [9.17, 15) is 9.90 Å². The van der Waals surface area contributed by atoms with Crippen LogP contribution in [-0.4, -0.2) is 11.1 Å². The van der Waals surface area contributed by atoms with Gasteiger partial charge >= 0.3 is 5.97 Å². The minimum absolute atomic E-state index is 0.400. The zero-order valence-corrected chi connectivity index (χ0v) is 7.54. The van der Waals surface area contributed by atoms with Crippen LogP contribution >= 0.6 is 15.9 Å². The van der Waals surface area contributed by atoms with Gasteiger partial charge in [0.25, 0.3) is 4.70 Å². The molecule has 0 aliphatic carbocycles. The molecule has 12 heavy (non-hydrogen) atoms. The average molecular weight is 229 g/mol. The van der Waals surface area contributed by atoms with Crippen LogP contribution in [0.5, 0.6) is 0 Å². The highest BCUT2D eigenvalue weighted by Gasteiger charge is 2.41. The Labute approximate surface area is 77.1 Å². The van der Waals surface area contributed by atoms with Gasteiger partial charge in [-0.05, 0) is 6.07 Å². The van der Waals surface area contributed by atoms with E-state index in [1.54, 1.807) is 24.3 Å². The molecule has 62 valence electrons. The normalized spacial score (nSPS) is 26.7. The third-order valence-electron chi connectivity index (χ3n) is 1.71. The fourth-order valence-corrected chi connectivity index (χ4v) is 1.66. The van der Waals surface area contributed by atoms with E-state index >= 15 is 0 Å². The monoisotopic (exact) mass is 228 g/mol. The summed E-state index contributed by atoms with van der Waals surface area (Å²) in [6, 6.07) is 6.69. The van der Waals surface area contributed by atoms with Crippen molar-refractivity contribution in [3.63, 3.8) is 0 Å². The first-order valence-electron chi connectivity index (χ1n) is 3.35. The van der Waals surface area contributed by atoms with Crippen molar-refractivity contribution >= 4 is 21.9 Å². The number of hydrogen-bond donors (Lipinski definition) is 1. The van der Waals surface area contributed by atoms with Gasteiger partial charge in [-0.3, -0.25) is 0 Å². The smallest absolute Gasteiger partial charge is 0.342 e. The van der Waals surface area contributed by atoms with Crippen LogP contribution in [0.4, 0.5) is 0 Å². The number of cyclic esters (lactones) is 1. The molecule has 1 heterocycles. The summed E-state index contributed by atoms with van der Waals surface area (Å²) >= 11 is 2.89. The molecule has 0 saturated carbocycles. The molecule has 0 amide bonds. The van der Waals surface area contributed by atoms with Crippen LogP contribution in [0.2, 0.25) is 0 Å². The number of benzene rings is 1. The molecular weight excluding hydrogens is 224 g/mol. The van der Waals surface area contributed by atoms with Gasteiger partial charge in [-0.25, -0.2) is 4.79 Å². The second-order valence-corrected chi connectivity index (χ2v) is 3.57. The van der Waals surface area contributed by atoms with Crippen LogP contribution in [0.3, 0.4) is 0 Å². The highest BCUT2D eigenvalue weighted by Crippen LogP contribution is 2.38. The zero-order chi connectivity index (χ0) is 8.77. The molecule has 0 radical (unpaired) electrons. The molecule has 1 aliphatic rings. The predicted octanol–water partition coefficient (Wildman–Crippen LogP) is 1.35. The topological polar surface area (TPSA) is 46.5 Å². The van der Waals surface area contributed by atoms with Crippen molar-refractivity contribution in [3.05, 3.63) is 35.4 Å². The molecule has 0 bridgehead atoms. The van der Waals surface area contributed by atoms with Crippen LogP contribution in [0.1, 0.15) is 15.9 Å². The lowest BCUT2D eigenvalue weighted by atomic mass is 10.1. The zero-order valence-electron chi connectivity index (χ0n) is 5.95. The third kappa shape index (κ3) is 0.956. The first kappa shape index (κ1) is 7.76. The van der Waals surface area contributed by atoms with E-state index in [0.717, 1.165) is 0 Å². The number of fused-ring (bicyclic) bond motifs is 1. The molecule has 1 aliphatic heterocycles. The summed E-state index contributed by atoms with van der Waals surface area (Å²) in [6.45, 7) is 0. The van der Waals surface area contributed by atoms with Gasteiger partial charge in [0.15, 0.2) is 0 Å². The van der Waals surface area contributed by atoms with E-state index in [1.807, 2.05) is 0 Å². The van der Waals surface area contributed by atoms with Crippen LogP contribution in [0.15, 0.2) is 24.3 Å². The largest absolute Gasteiger partial charge is 0.415 e. The maximum absolute atomic E-state index is 11.1. The van der Waals surface area contributed by atoms with Crippen LogP contribution in [0, 0.1) is 0 Å². The van der Waals surface area contributed by atoms with Gasteiger partial charge in [-0.15, -0.1) is 0 Å². The van der Waals surface area contributed by atoms with Crippen molar-refractivity contribution in [1.29, 1.82) is 0 Å². The van der Waals surface area contributed by atoms with Crippen molar-refractivity contribution in [2.45, 2.75) is 4.70 Å². The van der Waals surface area contributed by atoms with Gasteiger partial charge in [-0.2, -0.15) is 0 Å². The Morgan fingerprint density at radius 2 is 2.08 bits per heavy atom. The summed E-state index contributed by atoms with van der Waals surface area (Å²) in [6.07, 6.45) is 0. The number of esters is 1. The lowest BCUT2D eigenvalue weighted by Crippen LogP contribution is -2.15. The van der Waals surface area contributed by atoms with Gasteiger partial charge in [0.1, 0.15) is 0 Å². The van der Waals surface area contributed by atoms with Gasteiger partial charge < -0.3 is 9.84 Å². The number of aliphatic hydroxyl groups is 1. The lowest BCUT2D eigenvalue weighted by Gasteiger charge is -2.12. The third-order valence-corrected chi connectivity index (χ3v) is 2.30. The fraction of sp³-hybridized carbons (Fsp3) is 0.125. The second kappa shape index (κ2) is 2.31. The number of carbonyl (C=O) groups is 1. The number of alkyl halides is 1. The van der Waals surface area contributed by atoms with Crippen molar-refractivity contribution in [2.24, 2.45) is 0 Å². The minimum atomic E-state index is -1.64. The Balaban J connectivity index is 2.66. The molecule has 1 aromatic carbocycles. The first-order valence-corrected chi connectivity index (χ1v) is 4.15. The van der Waals surface area contributed by atoms with Gasteiger partial charge in [-0.1, -0.05) is 18.2 Å². The summed E-state index contributed by atoms with van der Waals surface area (Å²) in [5, 5.41) is 9.49. The molecular formula is C8H5BrO3. The number of ether oxygens (including phenoxy) is 1. The quantitative estimate of drug-likeness (QED) is 0.539. The Bertz CT molecular complexity index is 346. The minimum Gasteiger partial charge on any atom is -0.415 e. The van der Waals surface area contributed by atoms with Gasteiger partial charge in [0.2, 0.25) is 0 Å². The molecule has 0 fully saturated rings. The second-order valence-electron chi connectivity index (χ2n) is 2.50. The van der Waals surface area contributed by atoms with E-state index < -0.39 is 10.7 Å². The standard InChI is InChI=1S/C8H5BrO3/c9-8(11)6-4-2-1-3-5(6)7(10)12-8/h1-4,11H. The molecule has 3 nitrogen and oxygen atoms in total. The number of halogens is 1. The summed E-state index contributed by atoms with van der Waals surface area (Å²) in [4.78, 5) is 11.1. The Kier molecular flexibility index (Phi) is 1.49. The maximum atomic E-state index is 11.1. The predicted molar refractivity (Wildman–Crippen MR) is 44.7 cm³/mol. The molecule has 1 aromatic rings. The molecule has 0 aromatic heterocycles. The van der Waals surface area contributed by atoms with Crippen molar-refractivity contribution < 1.29 is 14.6 Å². The fourth-order valence-electron chi connectivity index (χ4n) is 1.16. The molecule has 4 heteroatoms. The molecule has 1 unspecified atom stereocenters. The Morgan fingerprint density at radius 3 is 2.75 bits per heavy atom. The van der Waals surface area contributed by atoms with Crippen LogP contribution in [-0.2, 0) is 9.43 Å². The van der Waals surface area contributed by atoms with E-state index in [1.165, 1.54) is 0 Å². The number of rotatable bonds is 0. The molecule has 2 rings (SSSR count). The lowest BCUT2D eigenvalue weighted by molar-refractivity contribution is -0.0797. The Hall–Kier alpha value is -0.870. The van der Waals surface area contributed by atoms with E-state index in [-0.39, 0.29) is 0 Å². The molecule has 1 N–H and O–H groups in total. The summed E-state index contributed by atoms with van der Waals surface area (Å²) < 4.78 is 3.01. The Morgan fingerprint density at radius 1 is 1.42 bits per heavy atom. The summed E-state index contributed by atoms with van der Waals surface area (Å²) in [5.41, 5.74) is 0.854.